The molecule has 0 radical (unpaired) electrons. The first-order valence-corrected chi connectivity index (χ1v) is 5.08. The van der Waals surface area contributed by atoms with Crippen molar-refractivity contribution in [3.63, 3.8) is 0 Å². The minimum atomic E-state index is -0.707. The first-order chi connectivity index (χ1) is 6.07. The number of unbranched alkanes of at least 4 members (excludes halogenated alkanes) is 1. The lowest BCUT2D eigenvalue weighted by Crippen LogP contribution is -2.43. The molecule has 3 nitrogen and oxygen atoms in total. The highest BCUT2D eigenvalue weighted by molar-refractivity contribution is 5.73. The molecule has 1 unspecified atom stereocenters. The van der Waals surface area contributed by atoms with Gasteiger partial charge in [-0.2, -0.15) is 0 Å². The second-order valence-electron chi connectivity index (χ2n) is 4.24. The summed E-state index contributed by atoms with van der Waals surface area (Å²) >= 11 is 0. The van der Waals surface area contributed by atoms with E-state index in [9.17, 15) is 4.79 Å². The van der Waals surface area contributed by atoms with E-state index < -0.39 is 5.97 Å². The zero-order valence-corrected chi connectivity index (χ0v) is 8.47. The zero-order valence-electron chi connectivity index (χ0n) is 8.47. The Hall–Kier alpha value is -0.570. The first-order valence-electron chi connectivity index (χ1n) is 5.08. The second kappa shape index (κ2) is 4.09. The Morgan fingerprint density at radius 1 is 1.62 bits per heavy atom. The van der Waals surface area contributed by atoms with Crippen LogP contribution < -0.4 is 5.32 Å². The zero-order chi connectivity index (χ0) is 9.90. The Morgan fingerprint density at radius 3 is 2.62 bits per heavy atom. The molecule has 1 rings (SSSR count). The van der Waals surface area contributed by atoms with Gasteiger partial charge in [0, 0.05) is 5.54 Å². The minimum absolute atomic E-state index is 0.122. The van der Waals surface area contributed by atoms with Gasteiger partial charge in [-0.3, -0.25) is 10.1 Å². The fourth-order valence-electron chi connectivity index (χ4n) is 1.42. The second-order valence-corrected chi connectivity index (χ2v) is 4.24. The van der Waals surface area contributed by atoms with E-state index in [4.69, 9.17) is 5.11 Å². The normalized spacial score (nSPS) is 21.1. The summed E-state index contributed by atoms with van der Waals surface area (Å²) in [5, 5.41) is 12.1. The van der Waals surface area contributed by atoms with E-state index in [-0.39, 0.29) is 11.6 Å². The molecule has 2 N–H and O–H groups in total. The Morgan fingerprint density at radius 2 is 2.23 bits per heavy atom. The fraction of sp³-hybridized carbons (Fsp3) is 0.900. The molecule has 3 heteroatoms. The number of nitrogens with one attached hydrogen (secondary N) is 1. The molecule has 76 valence electrons. The topological polar surface area (TPSA) is 49.3 Å². The van der Waals surface area contributed by atoms with Gasteiger partial charge in [0.2, 0.25) is 0 Å². The van der Waals surface area contributed by atoms with Crippen LogP contribution in [0.2, 0.25) is 0 Å². The SMILES string of the molecule is CCCCC(NC1(C)CC1)C(=O)O. The molecular weight excluding hydrogens is 166 g/mol. The van der Waals surface area contributed by atoms with Gasteiger partial charge in [-0.1, -0.05) is 19.8 Å². The molecular formula is C10H19NO2. The quantitative estimate of drug-likeness (QED) is 0.663. The van der Waals surface area contributed by atoms with Gasteiger partial charge in [0.05, 0.1) is 0 Å². The molecule has 1 atom stereocenters. The molecule has 0 aromatic heterocycles. The Bertz CT molecular complexity index is 187. The number of aliphatic carboxylic acids is 1. The third kappa shape index (κ3) is 3.35. The van der Waals surface area contributed by atoms with Crippen molar-refractivity contribution in [1.82, 2.24) is 5.32 Å². The molecule has 0 aromatic carbocycles. The van der Waals surface area contributed by atoms with Crippen molar-refractivity contribution >= 4 is 5.97 Å². The van der Waals surface area contributed by atoms with Gasteiger partial charge in [0.25, 0.3) is 0 Å². The molecule has 0 heterocycles. The number of carboxylic acid groups (broad SMARTS) is 1. The van der Waals surface area contributed by atoms with Crippen LogP contribution in [0, 0.1) is 0 Å². The van der Waals surface area contributed by atoms with Crippen molar-refractivity contribution in [1.29, 1.82) is 0 Å². The summed E-state index contributed by atoms with van der Waals surface area (Å²) in [4.78, 5) is 10.8. The maximum Gasteiger partial charge on any atom is 0.320 e. The Labute approximate surface area is 79.5 Å². The van der Waals surface area contributed by atoms with Crippen molar-refractivity contribution in [2.45, 2.75) is 57.5 Å². The molecule has 0 saturated heterocycles. The summed E-state index contributed by atoms with van der Waals surface area (Å²) in [6.07, 6.45) is 5.02. The number of carbonyl (C=O) groups is 1. The fourth-order valence-corrected chi connectivity index (χ4v) is 1.42. The van der Waals surface area contributed by atoms with E-state index in [2.05, 4.69) is 19.2 Å². The van der Waals surface area contributed by atoms with Crippen molar-refractivity contribution in [2.24, 2.45) is 0 Å². The van der Waals surface area contributed by atoms with E-state index >= 15 is 0 Å². The number of carboxylic acids is 1. The largest absolute Gasteiger partial charge is 0.480 e. The summed E-state index contributed by atoms with van der Waals surface area (Å²) < 4.78 is 0. The van der Waals surface area contributed by atoms with Crippen molar-refractivity contribution in [2.75, 3.05) is 0 Å². The third-order valence-electron chi connectivity index (χ3n) is 2.67. The number of rotatable bonds is 6. The lowest BCUT2D eigenvalue weighted by Gasteiger charge is -2.18. The van der Waals surface area contributed by atoms with Crippen molar-refractivity contribution in [3.8, 4) is 0 Å². The third-order valence-corrected chi connectivity index (χ3v) is 2.67. The van der Waals surface area contributed by atoms with Gasteiger partial charge in [-0.05, 0) is 26.2 Å². The van der Waals surface area contributed by atoms with E-state index in [0.29, 0.717) is 0 Å². The highest BCUT2D eigenvalue weighted by Crippen LogP contribution is 2.35. The molecule has 0 amide bonds. The van der Waals surface area contributed by atoms with Crippen LogP contribution in [0.1, 0.15) is 46.0 Å². The minimum Gasteiger partial charge on any atom is -0.480 e. The van der Waals surface area contributed by atoms with Gasteiger partial charge in [0.15, 0.2) is 0 Å². The molecule has 1 aliphatic rings. The number of hydrogen-bond donors (Lipinski definition) is 2. The van der Waals surface area contributed by atoms with E-state index in [1.807, 2.05) is 0 Å². The van der Waals surface area contributed by atoms with Gasteiger partial charge < -0.3 is 5.11 Å². The van der Waals surface area contributed by atoms with Crippen LogP contribution in [0.5, 0.6) is 0 Å². The van der Waals surface area contributed by atoms with Gasteiger partial charge in [-0.15, -0.1) is 0 Å². The predicted molar refractivity (Wildman–Crippen MR) is 51.7 cm³/mol. The highest BCUT2D eigenvalue weighted by atomic mass is 16.4. The molecule has 0 bridgehead atoms. The lowest BCUT2D eigenvalue weighted by atomic mass is 10.1. The average molecular weight is 185 g/mol. The number of hydrogen-bond acceptors (Lipinski definition) is 2. The van der Waals surface area contributed by atoms with Crippen LogP contribution in [0.25, 0.3) is 0 Å². The smallest absolute Gasteiger partial charge is 0.320 e. The highest BCUT2D eigenvalue weighted by Gasteiger charge is 2.40. The maximum atomic E-state index is 10.8. The van der Waals surface area contributed by atoms with Gasteiger partial charge in [-0.25, -0.2) is 0 Å². The molecule has 0 spiro atoms. The van der Waals surface area contributed by atoms with Crippen LogP contribution in [-0.2, 0) is 4.79 Å². The summed E-state index contributed by atoms with van der Waals surface area (Å²) in [7, 11) is 0. The van der Waals surface area contributed by atoms with E-state index in [0.717, 1.165) is 32.1 Å². The predicted octanol–water partition coefficient (Wildman–Crippen LogP) is 1.77. The Kier molecular flexibility index (Phi) is 3.31. The molecule has 1 fully saturated rings. The van der Waals surface area contributed by atoms with Crippen LogP contribution in [0.3, 0.4) is 0 Å². The summed E-state index contributed by atoms with van der Waals surface area (Å²) in [5.41, 5.74) is 0.122. The van der Waals surface area contributed by atoms with Crippen molar-refractivity contribution < 1.29 is 9.90 Å². The molecule has 1 saturated carbocycles. The maximum absolute atomic E-state index is 10.8. The molecule has 0 aliphatic heterocycles. The Balaban J connectivity index is 2.33. The summed E-state index contributed by atoms with van der Waals surface area (Å²) in [6, 6.07) is -0.340. The van der Waals surface area contributed by atoms with Crippen molar-refractivity contribution in [3.05, 3.63) is 0 Å². The molecule has 1 aliphatic carbocycles. The van der Waals surface area contributed by atoms with Gasteiger partial charge in [0.1, 0.15) is 6.04 Å². The first kappa shape index (κ1) is 10.5. The van der Waals surface area contributed by atoms with Crippen LogP contribution >= 0.6 is 0 Å². The van der Waals surface area contributed by atoms with E-state index in [1.165, 1.54) is 0 Å². The molecule has 13 heavy (non-hydrogen) atoms. The average Bonchev–Trinajstić information content (AvgIpc) is 2.77. The van der Waals surface area contributed by atoms with Gasteiger partial charge >= 0.3 is 5.97 Å². The molecule has 0 aromatic rings. The monoisotopic (exact) mass is 185 g/mol. The van der Waals surface area contributed by atoms with Crippen LogP contribution in [-0.4, -0.2) is 22.7 Å². The van der Waals surface area contributed by atoms with E-state index in [1.54, 1.807) is 0 Å². The standard InChI is InChI=1S/C10H19NO2/c1-3-4-5-8(9(12)13)11-10(2)6-7-10/h8,11H,3-7H2,1-2H3,(H,12,13). The summed E-state index contributed by atoms with van der Waals surface area (Å²) in [6.45, 7) is 4.17. The lowest BCUT2D eigenvalue weighted by molar-refractivity contribution is -0.140. The summed E-state index contributed by atoms with van der Waals surface area (Å²) in [5.74, 6) is -0.707. The van der Waals surface area contributed by atoms with Crippen LogP contribution in [0.15, 0.2) is 0 Å². The van der Waals surface area contributed by atoms with Crippen LogP contribution in [0.4, 0.5) is 0 Å².